The fourth-order valence-corrected chi connectivity index (χ4v) is 8.10. The Balaban J connectivity index is 1.96. The van der Waals surface area contributed by atoms with Gasteiger partial charge in [-0.15, -0.1) is 0 Å². The van der Waals surface area contributed by atoms with Gasteiger partial charge in [0.2, 0.25) is 0 Å². The number of benzene rings is 1. The van der Waals surface area contributed by atoms with Gasteiger partial charge in [0.1, 0.15) is 5.22 Å². The van der Waals surface area contributed by atoms with Gasteiger partial charge in [-0.1, -0.05) is 43.2 Å². The van der Waals surface area contributed by atoms with Crippen LogP contribution in [-0.2, 0) is 20.1 Å². The van der Waals surface area contributed by atoms with E-state index in [1.165, 1.54) is 18.4 Å². The molecule has 1 saturated heterocycles. The maximum absolute atomic E-state index is 6.07. The predicted molar refractivity (Wildman–Crippen MR) is 103 cm³/mol. The lowest BCUT2D eigenvalue weighted by Crippen LogP contribution is -2.64. The highest BCUT2D eigenvalue weighted by molar-refractivity contribution is 6.70. The van der Waals surface area contributed by atoms with Crippen molar-refractivity contribution in [3.05, 3.63) is 35.9 Å². The van der Waals surface area contributed by atoms with Crippen LogP contribution in [0.5, 0.6) is 0 Å². The molecule has 1 aliphatic rings. The van der Waals surface area contributed by atoms with Crippen molar-refractivity contribution in [1.29, 1.82) is 0 Å². The summed E-state index contributed by atoms with van der Waals surface area (Å²) in [6.45, 7) is 2.40. The molecule has 2 rings (SSSR count). The van der Waals surface area contributed by atoms with Gasteiger partial charge in [-0.3, -0.25) is 4.90 Å². The number of rotatable bonds is 10. The summed E-state index contributed by atoms with van der Waals surface area (Å²) in [5.41, 5.74) is 7.26. The van der Waals surface area contributed by atoms with Crippen molar-refractivity contribution >= 4 is 8.56 Å². The third kappa shape index (κ3) is 4.70. The molecule has 6 heteroatoms. The molecule has 1 aromatic rings. The first-order valence-electron chi connectivity index (χ1n) is 9.27. The van der Waals surface area contributed by atoms with Crippen LogP contribution in [-0.4, -0.2) is 53.2 Å². The first kappa shape index (κ1) is 20.5. The molecule has 25 heavy (non-hydrogen) atoms. The molecule has 0 spiro atoms. The minimum Gasteiger partial charge on any atom is -0.396 e. The van der Waals surface area contributed by atoms with Crippen LogP contribution >= 0.6 is 0 Å². The van der Waals surface area contributed by atoms with E-state index in [1.807, 2.05) is 13.2 Å². The average molecular weight is 367 g/mol. The molecule has 1 atom stereocenters. The van der Waals surface area contributed by atoms with E-state index in [1.54, 1.807) is 14.2 Å². The Morgan fingerprint density at radius 2 is 1.84 bits per heavy atom. The lowest BCUT2D eigenvalue weighted by Gasteiger charge is -2.48. The number of nitrogens with zero attached hydrogens (tertiary/aromatic N) is 1. The minimum atomic E-state index is -2.34. The molecule has 0 bridgehead atoms. The fourth-order valence-electron chi connectivity index (χ4n) is 4.19. The Morgan fingerprint density at radius 1 is 1.12 bits per heavy atom. The van der Waals surface area contributed by atoms with Crippen molar-refractivity contribution in [2.75, 3.05) is 34.5 Å². The summed E-state index contributed by atoms with van der Waals surface area (Å²) in [6.07, 6.45) is 5.36. The molecule has 5 nitrogen and oxygen atoms in total. The van der Waals surface area contributed by atoms with Gasteiger partial charge in [-0.05, 0) is 37.4 Å². The summed E-state index contributed by atoms with van der Waals surface area (Å²) in [5.74, 6) is 0. The largest absolute Gasteiger partial charge is 0.396 e. The van der Waals surface area contributed by atoms with Crippen LogP contribution in [0.4, 0.5) is 0 Å². The molecule has 0 aliphatic carbocycles. The van der Waals surface area contributed by atoms with Gasteiger partial charge in [-0.2, -0.15) is 0 Å². The van der Waals surface area contributed by atoms with Crippen LogP contribution < -0.4 is 5.73 Å². The molecule has 0 saturated carbocycles. The Labute approximate surface area is 153 Å². The highest BCUT2D eigenvalue weighted by Crippen LogP contribution is 2.42. The Hall–Kier alpha value is -0.763. The van der Waals surface area contributed by atoms with E-state index in [9.17, 15) is 0 Å². The van der Waals surface area contributed by atoms with E-state index in [0.29, 0.717) is 6.67 Å². The van der Waals surface area contributed by atoms with E-state index in [2.05, 4.69) is 29.2 Å². The summed E-state index contributed by atoms with van der Waals surface area (Å²) in [4.78, 5) is 2.28. The molecule has 1 heterocycles. The van der Waals surface area contributed by atoms with Gasteiger partial charge < -0.3 is 19.3 Å². The lowest BCUT2D eigenvalue weighted by atomic mass is 10.1. The fraction of sp³-hybridized carbons (Fsp3) is 0.684. The van der Waals surface area contributed by atoms with Crippen LogP contribution in [0.25, 0.3) is 0 Å². The van der Waals surface area contributed by atoms with Gasteiger partial charge in [0.25, 0.3) is 0 Å². The number of hydrogen-bond acceptors (Lipinski definition) is 5. The van der Waals surface area contributed by atoms with Gasteiger partial charge in [-0.25, -0.2) is 0 Å². The molecule has 1 fully saturated rings. The van der Waals surface area contributed by atoms with E-state index in [-0.39, 0.29) is 5.22 Å². The standard InChI is InChI=1S/C19H34N2O3Si/c1-22-19(12-7-8-15-25(19,23-2)24-3)13-9-14-21(17-20)16-18-10-5-4-6-11-18/h4-6,10-11H,7-9,12-17,20H2,1-3H3. The number of hydrogen-bond donors (Lipinski definition) is 1. The van der Waals surface area contributed by atoms with E-state index in [4.69, 9.17) is 19.3 Å². The normalized spacial score (nSPS) is 23.1. The SMILES string of the molecule is COC1(CCCN(CN)Cc2ccccc2)CCCC[Si]1(OC)OC. The highest BCUT2D eigenvalue weighted by Gasteiger charge is 2.58. The second-order valence-corrected chi connectivity index (χ2v) is 10.6. The smallest absolute Gasteiger partial charge is 0.370 e. The molecular formula is C19H34N2O3Si. The number of methoxy groups -OCH3 is 1. The maximum Gasteiger partial charge on any atom is 0.370 e. The minimum absolute atomic E-state index is 0.248. The quantitative estimate of drug-likeness (QED) is 0.509. The van der Waals surface area contributed by atoms with Gasteiger partial charge in [0, 0.05) is 34.5 Å². The molecular weight excluding hydrogens is 332 g/mol. The van der Waals surface area contributed by atoms with Crippen LogP contribution in [0.3, 0.4) is 0 Å². The third-order valence-corrected chi connectivity index (χ3v) is 10.1. The monoisotopic (exact) mass is 366 g/mol. The van der Waals surface area contributed by atoms with E-state index < -0.39 is 8.56 Å². The van der Waals surface area contributed by atoms with E-state index >= 15 is 0 Å². The van der Waals surface area contributed by atoms with Gasteiger partial charge >= 0.3 is 8.56 Å². The highest BCUT2D eigenvalue weighted by atomic mass is 28.4. The molecule has 0 amide bonds. The van der Waals surface area contributed by atoms with Crippen LogP contribution in [0.15, 0.2) is 30.3 Å². The molecule has 2 N–H and O–H groups in total. The molecule has 1 aromatic carbocycles. The van der Waals surface area contributed by atoms with Crippen molar-refractivity contribution in [2.45, 2.75) is 49.9 Å². The van der Waals surface area contributed by atoms with Gasteiger partial charge in [0.15, 0.2) is 0 Å². The predicted octanol–water partition coefficient (Wildman–Crippen LogP) is 3.03. The topological polar surface area (TPSA) is 57.0 Å². The first-order valence-corrected chi connectivity index (χ1v) is 11.3. The zero-order chi connectivity index (χ0) is 18.2. The first-order chi connectivity index (χ1) is 12.1. The molecule has 1 unspecified atom stereocenters. The zero-order valence-corrected chi connectivity index (χ0v) is 17.0. The number of nitrogens with two attached hydrogens (primary N) is 1. The summed E-state index contributed by atoms with van der Waals surface area (Å²) in [7, 11) is 3.05. The van der Waals surface area contributed by atoms with Crippen molar-refractivity contribution in [1.82, 2.24) is 4.90 Å². The zero-order valence-electron chi connectivity index (χ0n) is 16.0. The third-order valence-electron chi connectivity index (χ3n) is 5.64. The van der Waals surface area contributed by atoms with Gasteiger partial charge in [0.05, 0.1) is 0 Å². The van der Waals surface area contributed by atoms with Crippen LogP contribution in [0, 0.1) is 0 Å². The molecule has 0 aromatic heterocycles. The second kappa shape index (κ2) is 9.80. The van der Waals surface area contributed by atoms with Crippen LogP contribution in [0.1, 0.15) is 37.7 Å². The maximum atomic E-state index is 6.07. The summed E-state index contributed by atoms with van der Waals surface area (Å²) in [5, 5.41) is -0.248. The molecule has 0 radical (unpaired) electrons. The number of ether oxygens (including phenoxy) is 1. The second-order valence-electron chi connectivity index (χ2n) is 6.89. The van der Waals surface area contributed by atoms with Crippen molar-refractivity contribution < 1.29 is 13.6 Å². The summed E-state index contributed by atoms with van der Waals surface area (Å²) >= 11 is 0. The Bertz CT molecular complexity index is 499. The molecule has 142 valence electrons. The Morgan fingerprint density at radius 3 is 2.44 bits per heavy atom. The van der Waals surface area contributed by atoms with E-state index in [0.717, 1.165) is 38.4 Å². The molecule has 1 aliphatic heterocycles. The van der Waals surface area contributed by atoms with Crippen molar-refractivity contribution in [3.63, 3.8) is 0 Å². The lowest BCUT2D eigenvalue weighted by molar-refractivity contribution is -0.0172. The van der Waals surface area contributed by atoms with Crippen molar-refractivity contribution in [3.8, 4) is 0 Å². The summed E-state index contributed by atoms with van der Waals surface area (Å²) < 4.78 is 18.0. The average Bonchev–Trinajstić information content (AvgIpc) is 2.68. The van der Waals surface area contributed by atoms with Crippen LogP contribution in [0.2, 0.25) is 6.04 Å². The van der Waals surface area contributed by atoms with Crippen molar-refractivity contribution in [2.24, 2.45) is 5.73 Å². The Kier molecular flexibility index (Phi) is 8.06. The summed E-state index contributed by atoms with van der Waals surface area (Å²) in [6, 6.07) is 11.5.